The quantitative estimate of drug-likeness (QED) is 0.502. The molecular weight excluding hydrogens is 402 g/mol. The standard InChI is InChI=1S/C19H15ClF2N6O/c1-12-8-16(19(20,21)22)28-17(24-12)10-15(26-28)18(29)25-14-5-2-4-13(9-14)11-27-7-3-6-23-27/h2-10H,11H2,1H3,(H,25,29). The van der Waals surface area contributed by atoms with Gasteiger partial charge in [-0.1, -0.05) is 12.1 Å². The largest absolute Gasteiger partial charge is 0.364 e. The van der Waals surface area contributed by atoms with Gasteiger partial charge in [0.05, 0.1) is 6.54 Å². The monoisotopic (exact) mass is 416 g/mol. The Morgan fingerprint density at radius 1 is 1.24 bits per heavy atom. The first-order chi connectivity index (χ1) is 13.8. The summed E-state index contributed by atoms with van der Waals surface area (Å²) >= 11 is 5.17. The molecule has 0 aliphatic heterocycles. The third kappa shape index (κ3) is 4.09. The highest BCUT2D eigenvalue weighted by atomic mass is 35.5. The maximum Gasteiger partial charge on any atom is 0.364 e. The lowest BCUT2D eigenvalue weighted by Gasteiger charge is -2.10. The Morgan fingerprint density at radius 2 is 2.07 bits per heavy atom. The third-order valence-corrected chi connectivity index (χ3v) is 4.36. The van der Waals surface area contributed by atoms with Crippen molar-refractivity contribution in [1.29, 1.82) is 0 Å². The maximum absolute atomic E-state index is 13.7. The molecule has 1 amide bonds. The van der Waals surface area contributed by atoms with Gasteiger partial charge < -0.3 is 5.32 Å². The van der Waals surface area contributed by atoms with Crippen LogP contribution in [-0.2, 0) is 11.9 Å². The molecule has 0 saturated heterocycles. The molecule has 0 bridgehead atoms. The fourth-order valence-electron chi connectivity index (χ4n) is 2.94. The van der Waals surface area contributed by atoms with Crippen molar-refractivity contribution in [3.05, 3.63) is 77.5 Å². The molecule has 7 nitrogen and oxygen atoms in total. The molecule has 10 heteroatoms. The lowest BCUT2D eigenvalue weighted by molar-refractivity contribution is 0.0868. The predicted octanol–water partition coefficient (Wildman–Crippen LogP) is 3.82. The number of benzene rings is 1. The number of nitrogens with zero attached hydrogens (tertiary/aromatic N) is 5. The van der Waals surface area contributed by atoms with Gasteiger partial charge in [0.15, 0.2) is 11.3 Å². The predicted molar refractivity (Wildman–Crippen MR) is 103 cm³/mol. The highest BCUT2D eigenvalue weighted by molar-refractivity contribution is 6.21. The highest BCUT2D eigenvalue weighted by Crippen LogP contribution is 2.32. The van der Waals surface area contributed by atoms with E-state index in [1.807, 2.05) is 18.3 Å². The van der Waals surface area contributed by atoms with Crippen LogP contribution in [-0.4, -0.2) is 30.3 Å². The summed E-state index contributed by atoms with van der Waals surface area (Å²) in [5, 5.41) is 7.18. The number of aryl methyl sites for hydroxylation is 1. The Balaban J connectivity index is 1.60. The van der Waals surface area contributed by atoms with E-state index in [4.69, 9.17) is 11.6 Å². The maximum atomic E-state index is 13.7. The first-order valence-electron chi connectivity index (χ1n) is 8.62. The Kier molecular flexibility index (Phi) is 4.75. The fraction of sp³-hybridized carbons (Fsp3) is 0.158. The molecule has 148 valence electrons. The highest BCUT2D eigenvalue weighted by Gasteiger charge is 2.32. The molecular formula is C19H15ClF2N6O. The Labute approximate surface area is 168 Å². The normalized spacial score (nSPS) is 11.7. The summed E-state index contributed by atoms with van der Waals surface area (Å²) < 4.78 is 30.0. The Bertz CT molecular complexity index is 1180. The van der Waals surface area contributed by atoms with Crippen LogP contribution in [0.1, 0.15) is 27.4 Å². The van der Waals surface area contributed by atoms with Gasteiger partial charge in [-0.25, -0.2) is 9.50 Å². The molecule has 4 aromatic rings. The first-order valence-corrected chi connectivity index (χ1v) is 9.00. The van der Waals surface area contributed by atoms with E-state index in [1.54, 1.807) is 36.0 Å². The molecule has 0 radical (unpaired) electrons. The van der Waals surface area contributed by atoms with Gasteiger partial charge in [0, 0.05) is 29.8 Å². The molecule has 0 aliphatic rings. The molecule has 4 rings (SSSR count). The van der Waals surface area contributed by atoms with Crippen LogP contribution in [0.2, 0.25) is 0 Å². The van der Waals surface area contributed by atoms with Crippen molar-refractivity contribution in [2.75, 3.05) is 5.32 Å². The number of rotatable bonds is 5. The number of amides is 1. The van der Waals surface area contributed by atoms with Crippen LogP contribution in [0, 0.1) is 6.92 Å². The van der Waals surface area contributed by atoms with Gasteiger partial charge in [0.1, 0.15) is 5.69 Å². The molecule has 0 saturated carbocycles. The molecule has 0 atom stereocenters. The summed E-state index contributed by atoms with van der Waals surface area (Å²) in [7, 11) is 0. The number of alkyl halides is 3. The number of anilines is 1. The zero-order valence-corrected chi connectivity index (χ0v) is 15.9. The second kappa shape index (κ2) is 7.25. The second-order valence-electron chi connectivity index (χ2n) is 6.44. The van der Waals surface area contributed by atoms with Crippen molar-refractivity contribution < 1.29 is 13.6 Å². The number of aromatic nitrogens is 5. The summed E-state index contributed by atoms with van der Waals surface area (Å²) in [5.74, 6) is -0.548. The number of halogens is 3. The summed E-state index contributed by atoms with van der Waals surface area (Å²) in [4.78, 5) is 16.7. The van der Waals surface area contributed by atoms with E-state index in [-0.39, 0.29) is 11.3 Å². The summed E-state index contributed by atoms with van der Waals surface area (Å²) in [6.07, 6.45) is 3.52. The molecule has 0 unspecified atom stereocenters. The molecule has 3 heterocycles. The number of fused-ring (bicyclic) bond motifs is 1. The number of hydrogen-bond donors (Lipinski definition) is 1. The van der Waals surface area contributed by atoms with E-state index in [2.05, 4.69) is 20.5 Å². The number of carbonyl (C=O) groups excluding carboxylic acids is 1. The van der Waals surface area contributed by atoms with Gasteiger partial charge in [0.25, 0.3) is 5.91 Å². The smallest absolute Gasteiger partial charge is 0.321 e. The lowest BCUT2D eigenvalue weighted by atomic mass is 10.2. The molecule has 1 N–H and O–H groups in total. The van der Waals surface area contributed by atoms with Crippen molar-refractivity contribution in [3.63, 3.8) is 0 Å². The van der Waals surface area contributed by atoms with Gasteiger partial charge >= 0.3 is 5.38 Å². The molecule has 0 fully saturated rings. The molecule has 0 spiro atoms. The van der Waals surface area contributed by atoms with Crippen LogP contribution in [0.5, 0.6) is 0 Å². The molecule has 1 aromatic carbocycles. The van der Waals surface area contributed by atoms with Gasteiger partial charge in [-0.2, -0.15) is 19.0 Å². The van der Waals surface area contributed by atoms with Crippen molar-refractivity contribution in [2.45, 2.75) is 18.9 Å². The van der Waals surface area contributed by atoms with Crippen LogP contribution >= 0.6 is 11.6 Å². The number of carbonyl (C=O) groups is 1. The van der Waals surface area contributed by atoms with Crippen molar-refractivity contribution in [1.82, 2.24) is 24.4 Å². The minimum atomic E-state index is -3.65. The SMILES string of the molecule is Cc1cc(C(F)(F)Cl)n2nc(C(=O)Nc3cccc(Cn4cccn4)c3)cc2n1. The zero-order valence-electron chi connectivity index (χ0n) is 15.2. The average Bonchev–Trinajstić information content (AvgIpc) is 3.30. The minimum Gasteiger partial charge on any atom is -0.321 e. The average molecular weight is 417 g/mol. The van der Waals surface area contributed by atoms with E-state index >= 15 is 0 Å². The van der Waals surface area contributed by atoms with Crippen LogP contribution in [0.4, 0.5) is 14.5 Å². The topological polar surface area (TPSA) is 77.1 Å². The van der Waals surface area contributed by atoms with Crippen LogP contribution < -0.4 is 5.32 Å². The first kappa shape index (κ1) is 19.0. The second-order valence-corrected chi connectivity index (χ2v) is 6.91. The molecule has 3 aromatic heterocycles. The van der Waals surface area contributed by atoms with Crippen molar-refractivity contribution in [2.24, 2.45) is 0 Å². The molecule has 0 aliphatic carbocycles. The Hall–Kier alpha value is -3.33. The van der Waals surface area contributed by atoms with Gasteiger partial charge in [-0.15, -0.1) is 0 Å². The van der Waals surface area contributed by atoms with E-state index < -0.39 is 17.0 Å². The minimum absolute atomic E-state index is 0.0530. The Morgan fingerprint density at radius 3 is 2.79 bits per heavy atom. The van der Waals surface area contributed by atoms with E-state index in [0.717, 1.165) is 16.1 Å². The zero-order chi connectivity index (χ0) is 20.6. The third-order valence-electron chi connectivity index (χ3n) is 4.17. The van der Waals surface area contributed by atoms with E-state index in [0.29, 0.717) is 17.9 Å². The van der Waals surface area contributed by atoms with E-state index in [9.17, 15) is 13.6 Å². The summed E-state index contributed by atoms with van der Waals surface area (Å²) in [6, 6.07) is 11.5. The van der Waals surface area contributed by atoms with Crippen LogP contribution in [0.15, 0.2) is 54.9 Å². The van der Waals surface area contributed by atoms with Gasteiger partial charge in [0.2, 0.25) is 0 Å². The number of nitrogens with one attached hydrogen (secondary N) is 1. The summed E-state index contributed by atoms with van der Waals surface area (Å²) in [6.45, 7) is 2.10. The van der Waals surface area contributed by atoms with Gasteiger partial charge in [-0.05, 0) is 48.4 Å². The number of hydrogen-bond acceptors (Lipinski definition) is 4. The van der Waals surface area contributed by atoms with Crippen molar-refractivity contribution >= 4 is 28.8 Å². The van der Waals surface area contributed by atoms with E-state index in [1.165, 1.54) is 6.07 Å². The van der Waals surface area contributed by atoms with Crippen LogP contribution in [0.3, 0.4) is 0 Å². The fourth-order valence-corrected chi connectivity index (χ4v) is 3.07. The van der Waals surface area contributed by atoms with Crippen LogP contribution in [0.25, 0.3) is 5.65 Å². The summed E-state index contributed by atoms with van der Waals surface area (Å²) in [5.41, 5.74) is 1.32. The van der Waals surface area contributed by atoms with Gasteiger partial charge in [-0.3, -0.25) is 9.48 Å². The lowest BCUT2D eigenvalue weighted by Crippen LogP contribution is -2.15. The van der Waals surface area contributed by atoms with Crippen molar-refractivity contribution in [3.8, 4) is 0 Å². The molecule has 29 heavy (non-hydrogen) atoms.